The number of halogens is 1. The van der Waals surface area contributed by atoms with Crippen LogP contribution in [0.3, 0.4) is 0 Å². The number of amides is 2. The second-order valence-electron chi connectivity index (χ2n) is 4.04. The predicted molar refractivity (Wildman–Crippen MR) is 66.6 cm³/mol. The fourth-order valence-corrected chi connectivity index (χ4v) is 2.16. The van der Waals surface area contributed by atoms with Gasteiger partial charge in [0, 0.05) is 17.2 Å². The highest BCUT2D eigenvalue weighted by molar-refractivity contribution is 9.10. The van der Waals surface area contributed by atoms with Crippen LogP contribution in [0.5, 0.6) is 0 Å². The normalized spacial score (nSPS) is 20.5. The molecule has 1 fully saturated rings. The van der Waals surface area contributed by atoms with Gasteiger partial charge in [0.15, 0.2) is 0 Å². The summed E-state index contributed by atoms with van der Waals surface area (Å²) in [5.41, 5.74) is 0.453. The van der Waals surface area contributed by atoms with Crippen molar-refractivity contribution < 1.29 is 9.59 Å². The van der Waals surface area contributed by atoms with Gasteiger partial charge in [-0.25, -0.2) is 0 Å². The second-order valence-corrected chi connectivity index (χ2v) is 4.96. The number of nitrogens with one attached hydrogen (secondary N) is 3. The minimum Gasteiger partial charge on any atom is -0.356 e. The van der Waals surface area contributed by atoms with Crippen LogP contribution in [0.1, 0.15) is 29.8 Å². The monoisotopic (exact) mass is 299 g/mol. The van der Waals surface area contributed by atoms with Crippen LogP contribution in [-0.2, 0) is 4.79 Å². The van der Waals surface area contributed by atoms with Crippen molar-refractivity contribution in [2.24, 2.45) is 0 Å². The van der Waals surface area contributed by atoms with E-state index in [0.29, 0.717) is 18.7 Å². The molecule has 2 amide bonds. The maximum atomic E-state index is 11.8. The fourth-order valence-electron chi connectivity index (χ4n) is 1.81. The van der Waals surface area contributed by atoms with Crippen LogP contribution in [0.15, 0.2) is 16.7 Å². The van der Waals surface area contributed by atoms with E-state index in [0.717, 1.165) is 17.3 Å². The molecule has 0 aliphatic carbocycles. The lowest BCUT2D eigenvalue weighted by atomic mass is 10.1. The zero-order chi connectivity index (χ0) is 12.3. The summed E-state index contributed by atoms with van der Waals surface area (Å²) in [4.78, 5) is 26.3. The number of hydrogen-bond acceptors (Lipinski definition) is 2. The molecule has 0 spiro atoms. The van der Waals surface area contributed by atoms with E-state index in [1.54, 1.807) is 12.3 Å². The van der Waals surface area contributed by atoms with E-state index in [1.165, 1.54) is 0 Å². The third-order valence-electron chi connectivity index (χ3n) is 2.73. The minimum absolute atomic E-state index is 0.0959. The SMILES string of the molecule is O=C(NC1CCCCNC1=O)c1cc(Br)c[nH]1. The van der Waals surface area contributed by atoms with E-state index >= 15 is 0 Å². The Labute approximate surface area is 107 Å². The van der Waals surface area contributed by atoms with Gasteiger partial charge >= 0.3 is 0 Å². The van der Waals surface area contributed by atoms with Gasteiger partial charge in [0.25, 0.3) is 5.91 Å². The van der Waals surface area contributed by atoms with Gasteiger partial charge in [-0.2, -0.15) is 0 Å². The largest absolute Gasteiger partial charge is 0.356 e. The van der Waals surface area contributed by atoms with E-state index < -0.39 is 6.04 Å². The number of hydrogen-bond donors (Lipinski definition) is 3. The first-order valence-corrected chi connectivity index (χ1v) is 6.38. The summed E-state index contributed by atoms with van der Waals surface area (Å²) in [6, 6.07) is 1.26. The van der Waals surface area contributed by atoms with E-state index in [2.05, 4.69) is 31.5 Å². The van der Waals surface area contributed by atoms with Crippen molar-refractivity contribution in [2.45, 2.75) is 25.3 Å². The van der Waals surface area contributed by atoms with Gasteiger partial charge in [-0.1, -0.05) is 0 Å². The summed E-state index contributed by atoms with van der Waals surface area (Å²) in [5, 5.41) is 5.52. The maximum Gasteiger partial charge on any atom is 0.268 e. The molecule has 92 valence electrons. The van der Waals surface area contributed by atoms with Crippen LogP contribution in [0.2, 0.25) is 0 Å². The first kappa shape index (κ1) is 12.2. The Kier molecular flexibility index (Phi) is 3.83. The molecule has 0 bridgehead atoms. The van der Waals surface area contributed by atoms with Gasteiger partial charge < -0.3 is 15.6 Å². The molecular weight excluding hydrogens is 286 g/mol. The van der Waals surface area contributed by atoms with E-state index in [-0.39, 0.29) is 11.8 Å². The van der Waals surface area contributed by atoms with Crippen molar-refractivity contribution >= 4 is 27.7 Å². The van der Waals surface area contributed by atoms with Crippen LogP contribution in [0.25, 0.3) is 0 Å². The third kappa shape index (κ3) is 3.09. The third-order valence-corrected chi connectivity index (χ3v) is 3.19. The molecule has 1 saturated heterocycles. The summed E-state index contributed by atoms with van der Waals surface area (Å²) < 4.78 is 0.813. The highest BCUT2D eigenvalue weighted by Gasteiger charge is 2.23. The fraction of sp³-hybridized carbons (Fsp3) is 0.455. The Hall–Kier alpha value is -1.30. The Morgan fingerprint density at radius 3 is 3.00 bits per heavy atom. The number of carbonyl (C=O) groups is 2. The van der Waals surface area contributed by atoms with Gasteiger partial charge in [0.1, 0.15) is 11.7 Å². The predicted octanol–water partition coefficient (Wildman–Crippen LogP) is 1.18. The zero-order valence-corrected chi connectivity index (χ0v) is 10.8. The molecule has 3 N–H and O–H groups in total. The van der Waals surface area contributed by atoms with Crippen molar-refractivity contribution in [2.75, 3.05) is 6.54 Å². The first-order chi connectivity index (χ1) is 8.16. The molecule has 1 aliphatic rings. The molecule has 6 heteroatoms. The lowest BCUT2D eigenvalue weighted by Gasteiger charge is -2.14. The number of H-pyrrole nitrogens is 1. The zero-order valence-electron chi connectivity index (χ0n) is 9.25. The van der Waals surface area contributed by atoms with Crippen LogP contribution < -0.4 is 10.6 Å². The van der Waals surface area contributed by atoms with Gasteiger partial charge in [0.2, 0.25) is 5.91 Å². The first-order valence-electron chi connectivity index (χ1n) is 5.59. The van der Waals surface area contributed by atoms with Crippen LogP contribution in [-0.4, -0.2) is 29.4 Å². The number of rotatable bonds is 2. The molecular formula is C11H14BrN3O2. The topological polar surface area (TPSA) is 74.0 Å². The summed E-state index contributed by atoms with van der Waals surface area (Å²) in [7, 11) is 0. The molecule has 1 aromatic rings. The van der Waals surface area contributed by atoms with Gasteiger partial charge in [-0.3, -0.25) is 9.59 Å². The molecule has 5 nitrogen and oxygen atoms in total. The van der Waals surface area contributed by atoms with Crippen LogP contribution in [0.4, 0.5) is 0 Å². The average Bonchev–Trinajstić information content (AvgIpc) is 2.63. The minimum atomic E-state index is -0.424. The number of aromatic nitrogens is 1. The quantitative estimate of drug-likeness (QED) is 0.767. The maximum absolute atomic E-state index is 11.8. The lowest BCUT2D eigenvalue weighted by Crippen LogP contribution is -2.45. The molecule has 1 unspecified atom stereocenters. The molecule has 2 heterocycles. The van der Waals surface area contributed by atoms with Crippen molar-refractivity contribution in [3.8, 4) is 0 Å². The summed E-state index contributed by atoms with van der Waals surface area (Å²) in [6.07, 6.45) is 4.28. The lowest BCUT2D eigenvalue weighted by molar-refractivity contribution is -0.122. The smallest absolute Gasteiger partial charge is 0.268 e. The Balaban J connectivity index is 1.99. The van der Waals surface area contributed by atoms with Gasteiger partial charge in [-0.05, 0) is 41.3 Å². The molecule has 1 aromatic heterocycles. The summed E-state index contributed by atoms with van der Waals surface area (Å²) in [5.74, 6) is -0.348. The van der Waals surface area contributed by atoms with Crippen molar-refractivity contribution in [1.29, 1.82) is 0 Å². The van der Waals surface area contributed by atoms with E-state index in [4.69, 9.17) is 0 Å². The van der Waals surface area contributed by atoms with Crippen molar-refractivity contribution in [1.82, 2.24) is 15.6 Å². The van der Waals surface area contributed by atoms with E-state index in [9.17, 15) is 9.59 Å². The highest BCUT2D eigenvalue weighted by Crippen LogP contribution is 2.11. The Bertz CT molecular complexity index is 430. The highest BCUT2D eigenvalue weighted by atomic mass is 79.9. The number of aromatic amines is 1. The van der Waals surface area contributed by atoms with Gasteiger partial charge in [0.05, 0.1) is 0 Å². The standard InChI is InChI=1S/C11H14BrN3O2/c12-7-5-9(14-6-7)11(17)15-8-3-1-2-4-13-10(8)16/h5-6,8,14H,1-4H2,(H,13,16)(H,15,17). The molecule has 0 aromatic carbocycles. The molecule has 1 atom stereocenters. The molecule has 1 aliphatic heterocycles. The van der Waals surface area contributed by atoms with E-state index in [1.807, 2.05) is 0 Å². The second kappa shape index (κ2) is 5.35. The summed E-state index contributed by atoms with van der Waals surface area (Å²) >= 11 is 3.26. The van der Waals surface area contributed by atoms with Crippen LogP contribution >= 0.6 is 15.9 Å². The molecule has 0 radical (unpaired) electrons. The molecule has 2 rings (SSSR count). The average molecular weight is 300 g/mol. The van der Waals surface area contributed by atoms with Gasteiger partial charge in [-0.15, -0.1) is 0 Å². The number of carbonyl (C=O) groups excluding carboxylic acids is 2. The van der Waals surface area contributed by atoms with Crippen molar-refractivity contribution in [3.05, 3.63) is 22.4 Å². The Morgan fingerprint density at radius 1 is 1.47 bits per heavy atom. The van der Waals surface area contributed by atoms with Crippen molar-refractivity contribution in [3.63, 3.8) is 0 Å². The summed E-state index contributed by atoms with van der Waals surface area (Å²) in [6.45, 7) is 0.694. The Morgan fingerprint density at radius 2 is 2.29 bits per heavy atom. The molecule has 17 heavy (non-hydrogen) atoms. The van der Waals surface area contributed by atoms with Crippen LogP contribution in [0, 0.1) is 0 Å². The molecule has 0 saturated carbocycles.